The SMILES string of the molecule is C=C(C)CCCC(=O)C1CCCC1. The van der Waals surface area contributed by atoms with Crippen LogP contribution in [0, 0.1) is 5.92 Å². The first kappa shape index (κ1) is 10.5. The summed E-state index contributed by atoms with van der Waals surface area (Å²) in [4.78, 5) is 11.6. The molecule has 74 valence electrons. The molecule has 0 aromatic rings. The Morgan fingerprint density at radius 3 is 2.46 bits per heavy atom. The standard InChI is InChI=1S/C12H20O/c1-10(2)6-5-9-12(13)11-7-3-4-8-11/h11H,1,3-9H2,2H3. The summed E-state index contributed by atoms with van der Waals surface area (Å²) in [6.07, 6.45) is 7.60. The van der Waals surface area contributed by atoms with Crippen LogP contribution in [0.4, 0.5) is 0 Å². The van der Waals surface area contributed by atoms with E-state index in [1.807, 2.05) is 6.92 Å². The zero-order valence-electron chi connectivity index (χ0n) is 8.64. The summed E-state index contributed by atoms with van der Waals surface area (Å²) in [6, 6.07) is 0. The maximum atomic E-state index is 11.6. The van der Waals surface area contributed by atoms with Crippen molar-refractivity contribution in [3.8, 4) is 0 Å². The molecular formula is C12H20O. The Kier molecular flexibility index (Phi) is 4.20. The predicted octanol–water partition coefficient (Wildman–Crippen LogP) is 3.49. The second kappa shape index (κ2) is 5.21. The highest BCUT2D eigenvalue weighted by molar-refractivity contribution is 5.81. The van der Waals surface area contributed by atoms with Gasteiger partial charge in [0.05, 0.1) is 0 Å². The highest BCUT2D eigenvalue weighted by atomic mass is 16.1. The largest absolute Gasteiger partial charge is 0.299 e. The van der Waals surface area contributed by atoms with Gasteiger partial charge < -0.3 is 0 Å². The Morgan fingerprint density at radius 1 is 1.31 bits per heavy atom. The summed E-state index contributed by atoms with van der Waals surface area (Å²) >= 11 is 0. The van der Waals surface area contributed by atoms with Crippen molar-refractivity contribution < 1.29 is 4.79 Å². The van der Waals surface area contributed by atoms with Crippen LogP contribution >= 0.6 is 0 Å². The van der Waals surface area contributed by atoms with Gasteiger partial charge in [0.2, 0.25) is 0 Å². The average Bonchev–Trinajstić information content (AvgIpc) is 2.55. The van der Waals surface area contributed by atoms with E-state index >= 15 is 0 Å². The second-order valence-corrected chi connectivity index (χ2v) is 4.26. The predicted molar refractivity (Wildman–Crippen MR) is 55.6 cm³/mol. The molecule has 0 saturated heterocycles. The van der Waals surface area contributed by atoms with E-state index in [1.165, 1.54) is 18.4 Å². The van der Waals surface area contributed by atoms with Crippen molar-refractivity contribution >= 4 is 5.78 Å². The second-order valence-electron chi connectivity index (χ2n) is 4.26. The highest BCUT2D eigenvalue weighted by Gasteiger charge is 2.21. The third-order valence-electron chi connectivity index (χ3n) is 2.84. The smallest absolute Gasteiger partial charge is 0.135 e. The first-order valence-electron chi connectivity index (χ1n) is 5.37. The van der Waals surface area contributed by atoms with Crippen LogP contribution in [0.15, 0.2) is 12.2 Å². The van der Waals surface area contributed by atoms with Crippen molar-refractivity contribution in [1.82, 2.24) is 0 Å². The van der Waals surface area contributed by atoms with Gasteiger partial charge in [-0.1, -0.05) is 18.4 Å². The summed E-state index contributed by atoms with van der Waals surface area (Å²) < 4.78 is 0. The highest BCUT2D eigenvalue weighted by Crippen LogP contribution is 2.27. The van der Waals surface area contributed by atoms with E-state index in [-0.39, 0.29) is 0 Å². The minimum absolute atomic E-state index is 0.408. The molecule has 0 amide bonds. The van der Waals surface area contributed by atoms with E-state index in [2.05, 4.69) is 6.58 Å². The molecule has 0 atom stereocenters. The molecule has 0 spiro atoms. The molecule has 0 N–H and O–H groups in total. The number of ketones is 1. The van der Waals surface area contributed by atoms with E-state index in [4.69, 9.17) is 0 Å². The molecule has 0 unspecified atom stereocenters. The molecule has 1 nitrogen and oxygen atoms in total. The van der Waals surface area contributed by atoms with Crippen molar-refractivity contribution in [3.63, 3.8) is 0 Å². The van der Waals surface area contributed by atoms with Gasteiger partial charge in [-0.2, -0.15) is 0 Å². The summed E-state index contributed by atoms with van der Waals surface area (Å²) in [5, 5.41) is 0. The molecule has 0 radical (unpaired) electrons. The molecule has 1 aliphatic carbocycles. The monoisotopic (exact) mass is 180 g/mol. The molecule has 1 rings (SSSR count). The number of allylic oxidation sites excluding steroid dienone is 1. The number of carbonyl (C=O) groups excluding carboxylic acids is 1. The minimum atomic E-state index is 0.408. The summed E-state index contributed by atoms with van der Waals surface area (Å²) in [7, 11) is 0. The average molecular weight is 180 g/mol. The van der Waals surface area contributed by atoms with Gasteiger partial charge in [0.25, 0.3) is 0 Å². The minimum Gasteiger partial charge on any atom is -0.299 e. The molecule has 1 saturated carbocycles. The third-order valence-corrected chi connectivity index (χ3v) is 2.84. The molecule has 1 fully saturated rings. The lowest BCUT2D eigenvalue weighted by Gasteiger charge is -2.06. The fourth-order valence-corrected chi connectivity index (χ4v) is 2.02. The fourth-order valence-electron chi connectivity index (χ4n) is 2.02. The molecule has 1 aliphatic rings. The number of hydrogen-bond acceptors (Lipinski definition) is 1. The Balaban J connectivity index is 2.13. The van der Waals surface area contributed by atoms with Gasteiger partial charge in [-0.05, 0) is 32.6 Å². The Bertz CT molecular complexity index is 187. The Hall–Kier alpha value is -0.590. The maximum absolute atomic E-state index is 11.6. The van der Waals surface area contributed by atoms with Crippen LogP contribution in [0.25, 0.3) is 0 Å². The Labute approximate surface area is 81.2 Å². The zero-order chi connectivity index (χ0) is 9.68. The summed E-state index contributed by atoms with van der Waals surface area (Å²) in [6.45, 7) is 5.87. The van der Waals surface area contributed by atoms with Gasteiger partial charge >= 0.3 is 0 Å². The van der Waals surface area contributed by atoms with Gasteiger partial charge in [0.1, 0.15) is 5.78 Å². The lowest BCUT2D eigenvalue weighted by Crippen LogP contribution is -2.09. The van der Waals surface area contributed by atoms with E-state index in [0.717, 1.165) is 32.1 Å². The molecular weight excluding hydrogens is 160 g/mol. The lowest BCUT2D eigenvalue weighted by atomic mass is 9.97. The van der Waals surface area contributed by atoms with Crippen molar-refractivity contribution in [3.05, 3.63) is 12.2 Å². The van der Waals surface area contributed by atoms with Crippen LogP contribution in [0.2, 0.25) is 0 Å². The topological polar surface area (TPSA) is 17.1 Å². The zero-order valence-corrected chi connectivity index (χ0v) is 8.64. The first-order chi connectivity index (χ1) is 6.20. The lowest BCUT2D eigenvalue weighted by molar-refractivity contribution is -0.122. The van der Waals surface area contributed by atoms with E-state index in [0.29, 0.717) is 11.7 Å². The van der Waals surface area contributed by atoms with Crippen molar-refractivity contribution in [2.75, 3.05) is 0 Å². The number of Topliss-reactive ketones (excluding diaryl/α,β-unsaturated/α-hetero) is 1. The molecule has 0 aromatic heterocycles. The van der Waals surface area contributed by atoms with Crippen molar-refractivity contribution in [2.24, 2.45) is 5.92 Å². The number of rotatable bonds is 5. The van der Waals surface area contributed by atoms with Gasteiger partial charge in [-0.15, -0.1) is 6.58 Å². The molecule has 0 bridgehead atoms. The van der Waals surface area contributed by atoms with Crippen molar-refractivity contribution in [2.45, 2.75) is 51.9 Å². The maximum Gasteiger partial charge on any atom is 0.135 e. The molecule has 0 heterocycles. The van der Waals surface area contributed by atoms with Crippen molar-refractivity contribution in [1.29, 1.82) is 0 Å². The quantitative estimate of drug-likeness (QED) is 0.592. The molecule has 0 aromatic carbocycles. The van der Waals surface area contributed by atoms with Crippen LogP contribution in [0.5, 0.6) is 0 Å². The third kappa shape index (κ3) is 3.75. The summed E-state index contributed by atoms with van der Waals surface area (Å²) in [5.74, 6) is 0.906. The normalized spacial score (nSPS) is 17.6. The van der Waals surface area contributed by atoms with Crippen LogP contribution in [-0.2, 0) is 4.79 Å². The van der Waals surface area contributed by atoms with E-state index in [9.17, 15) is 4.79 Å². The molecule has 1 heteroatoms. The summed E-state index contributed by atoms with van der Waals surface area (Å²) in [5.41, 5.74) is 1.19. The van der Waals surface area contributed by atoms with Gasteiger partial charge in [0.15, 0.2) is 0 Å². The number of carbonyl (C=O) groups is 1. The molecule has 0 aliphatic heterocycles. The molecule has 13 heavy (non-hydrogen) atoms. The van der Waals surface area contributed by atoms with Gasteiger partial charge in [0, 0.05) is 12.3 Å². The van der Waals surface area contributed by atoms with Gasteiger partial charge in [-0.3, -0.25) is 4.79 Å². The van der Waals surface area contributed by atoms with Crippen LogP contribution in [0.1, 0.15) is 51.9 Å². The van der Waals surface area contributed by atoms with Crippen LogP contribution < -0.4 is 0 Å². The number of hydrogen-bond donors (Lipinski definition) is 0. The van der Waals surface area contributed by atoms with E-state index in [1.54, 1.807) is 0 Å². The fraction of sp³-hybridized carbons (Fsp3) is 0.750. The first-order valence-corrected chi connectivity index (χ1v) is 5.37. The van der Waals surface area contributed by atoms with Gasteiger partial charge in [-0.25, -0.2) is 0 Å². The van der Waals surface area contributed by atoms with E-state index < -0.39 is 0 Å². The Morgan fingerprint density at radius 2 is 1.92 bits per heavy atom. The van der Waals surface area contributed by atoms with Crippen LogP contribution in [0.3, 0.4) is 0 Å². The van der Waals surface area contributed by atoms with Crippen LogP contribution in [-0.4, -0.2) is 5.78 Å².